The van der Waals surface area contributed by atoms with Gasteiger partial charge in [-0.2, -0.15) is 0 Å². The van der Waals surface area contributed by atoms with Crippen LogP contribution in [0.25, 0.3) is 0 Å². The minimum Gasteiger partial charge on any atom is -0.478 e. The van der Waals surface area contributed by atoms with E-state index in [-0.39, 0.29) is 5.56 Å². The maximum atomic E-state index is 10.8. The summed E-state index contributed by atoms with van der Waals surface area (Å²) in [5.74, 6) is -0.321. The first kappa shape index (κ1) is 14.2. The number of carboxylic acid groups (broad SMARTS) is 1. The predicted octanol–water partition coefficient (Wildman–Crippen LogP) is 2.79. The number of hydrogen-bond donors (Lipinski definition) is 2. The lowest BCUT2D eigenvalue weighted by molar-refractivity contribution is 0.0697. The molecule has 0 bridgehead atoms. The number of rotatable bonds is 5. The molecule has 1 aliphatic rings. The van der Waals surface area contributed by atoms with Crippen LogP contribution in [-0.2, 0) is 0 Å². The highest BCUT2D eigenvalue weighted by atomic mass is 35.5. The molecule has 1 aromatic rings. The molecule has 1 heterocycles. The van der Waals surface area contributed by atoms with Crippen molar-refractivity contribution in [2.45, 2.75) is 13.3 Å². The van der Waals surface area contributed by atoms with Crippen LogP contribution in [0, 0.1) is 5.92 Å². The summed E-state index contributed by atoms with van der Waals surface area (Å²) in [6, 6.07) is 4.79. The van der Waals surface area contributed by atoms with Gasteiger partial charge in [0.25, 0.3) is 0 Å². The van der Waals surface area contributed by atoms with Gasteiger partial charge in [-0.25, -0.2) is 4.79 Å². The Kier molecular flexibility index (Phi) is 4.66. The smallest absolute Gasteiger partial charge is 0.335 e. The maximum absolute atomic E-state index is 10.8. The zero-order valence-electron chi connectivity index (χ0n) is 11.0. The lowest BCUT2D eigenvalue weighted by atomic mass is 10.1. The van der Waals surface area contributed by atoms with Crippen LogP contribution in [0.2, 0.25) is 5.02 Å². The van der Waals surface area contributed by atoms with Gasteiger partial charge in [0.1, 0.15) is 0 Å². The SMILES string of the molecule is CCN1CCC(CNc2ccc(C(=O)O)cc2Cl)C1. The summed E-state index contributed by atoms with van der Waals surface area (Å²) < 4.78 is 0. The molecule has 104 valence electrons. The highest BCUT2D eigenvalue weighted by Crippen LogP contribution is 2.24. The summed E-state index contributed by atoms with van der Waals surface area (Å²) in [4.78, 5) is 13.2. The predicted molar refractivity (Wildman–Crippen MR) is 77.1 cm³/mol. The van der Waals surface area contributed by atoms with E-state index in [2.05, 4.69) is 17.1 Å². The molecule has 0 amide bonds. The zero-order chi connectivity index (χ0) is 13.8. The highest BCUT2D eigenvalue weighted by Gasteiger charge is 2.20. The Morgan fingerprint density at radius 3 is 2.95 bits per heavy atom. The third-order valence-electron chi connectivity index (χ3n) is 3.61. The van der Waals surface area contributed by atoms with E-state index in [1.54, 1.807) is 12.1 Å². The molecule has 0 saturated carbocycles. The minimum absolute atomic E-state index is 0.216. The molecular weight excluding hydrogens is 264 g/mol. The van der Waals surface area contributed by atoms with E-state index in [9.17, 15) is 4.79 Å². The molecule has 0 radical (unpaired) electrons. The number of hydrogen-bond acceptors (Lipinski definition) is 3. The van der Waals surface area contributed by atoms with Crippen molar-refractivity contribution < 1.29 is 9.90 Å². The van der Waals surface area contributed by atoms with Crippen LogP contribution in [-0.4, -0.2) is 42.2 Å². The Bertz CT molecular complexity index is 465. The third kappa shape index (κ3) is 3.61. The number of nitrogens with one attached hydrogen (secondary N) is 1. The number of nitrogens with zero attached hydrogens (tertiary/aromatic N) is 1. The molecule has 1 saturated heterocycles. The summed E-state index contributed by atoms with van der Waals surface area (Å²) in [6.45, 7) is 6.44. The van der Waals surface area contributed by atoms with Gasteiger partial charge >= 0.3 is 5.97 Å². The second-order valence-corrected chi connectivity index (χ2v) is 5.34. The normalized spacial score (nSPS) is 19.6. The molecule has 1 fully saturated rings. The van der Waals surface area contributed by atoms with Crippen LogP contribution >= 0.6 is 11.6 Å². The second-order valence-electron chi connectivity index (χ2n) is 4.93. The molecule has 2 N–H and O–H groups in total. The summed E-state index contributed by atoms with van der Waals surface area (Å²) in [5, 5.41) is 12.7. The molecule has 5 heteroatoms. The van der Waals surface area contributed by atoms with E-state index in [4.69, 9.17) is 16.7 Å². The maximum Gasteiger partial charge on any atom is 0.335 e. The van der Waals surface area contributed by atoms with Crippen molar-refractivity contribution in [3.8, 4) is 0 Å². The van der Waals surface area contributed by atoms with Crippen molar-refractivity contribution in [1.29, 1.82) is 0 Å². The van der Waals surface area contributed by atoms with Crippen molar-refractivity contribution in [2.75, 3.05) is 31.5 Å². The number of halogens is 1. The van der Waals surface area contributed by atoms with Crippen LogP contribution in [0.4, 0.5) is 5.69 Å². The second kappa shape index (κ2) is 6.26. The fourth-order valence-electron chi connectivity index (χ4n) is 2.41. The van der Waals surface area contributed by atoms with Crippen molar-refractivity contribution >= 4 is 23.3 Å². The summed E-state index contributed by atoms with van der Waals surface area (Å²) >= 11 is 6.08. The van der Waals surface area contributed by atoms with Gasteiger partial charge in [0.05, 0.1) is 16.3 Å². The van der Waals surface area contributed by atoms with Crippen LogP contribution in [0.5, 0.6) is 0 Å². The van der Waals surface area contributed by atoms with Crippen molar-refractivity contribution in [3.05, 3.63) is 28.8 Å². The van der Waals surface area contributed by atoms with E-state index in [1.807, 2.05) is 0 Å². The summed E-state index contributed by atoms with van der Waals surface area (Å²) in [6.07, 6.45) is 1.20. The molecule has 0 aromatic heterocycles. The Morgan fingerprint density at radius 1 is 1.58 bits per heavy atom. The van der Waals surface area contributed by atoms with Gasteiger partial charge in [-0.15, -0.1) is 0 Å². The van der Waals surface area contributed by atoms with E-state index in [0.29, 0.717) is 10.9 Å². The number of benzene rings is 1. The Balaban J connectivity index is 1.91. The van der Waals surface area contributed by atoms with E-state index in [1.165, 1.54) is 12.5 Å². The summed E-state index contributed by atoms with van der Waals surface area (Å²) in [5.41, 5.74) is 1.02. The zero-order valence-corrected chi connectivity index (χ0v) is 11.8. The standard InChI is InChI=1S/C14H19ClN2O2/c1-2-17-6-5-10(9-17)8-16-13-4-3-11(14(18)19)7-12(13)15/h3-4,7,10,16H,2,5-6,8-9H2,1H3,(H,18,19). The molecule has 19 heavy (non-hydrogen) atoms. The van der Waals surface area contributed by atoms with Crippen LogP contribution in [0.1, 0.15) is 23.7 Å². The molecule has 1 atom stereocenters. The van der Waals surface area contributed by atoms with Gasteiger partial charge in [0, 0.05) is 13.1 Å². The molecule has 2 rings (SSSR count). The van der Waals surface area contributed by atoms with Gasteiger partial charge < -0.3 is 15.3 Å². The Morgan fingerprint density at radius 2 is 2.37 bits per heavy atom. The van der Waals surface area contributed by atoms with Gasteiger partial charge in [0.2, 0.25) is 0 Å². The topological polar surface area (TPSA) is 52.6 Å². The third-order valence-corrected chi connectivity index (χ3v) is 3.93. The molecule has 1 unspecified atom stereocenters. The minimum atomic E-state index is -0.956. The number of anilines is 1. The van der Waals surface area contributed by atoms with Crippen molar-refractivity contribution in [2.24, 2.45) is 5.92 Å². The number of likely N-dealkylation sites (tertiary alicyclic amines) is 1. The number of carbonyl (C=O) groups is 1. The van der Waals surface area contributed by atoms with Gasteiger partial charge in [0.15, 0.2) is 0 Å². The van der Waals surface area contributed by atoms with Gasteiger partial charge in [-0.1, -0.05) is 18.5 Å². The van der Waals surface area contributed by atoms with Gasteiger partial charge in [-0.3, -0.25) is 0 Å². The molecular formula is C14H19ClN2O2. The van der Waals surface area contributed by atoms with Crippen LogP contribution in [0.3, 0.4) is 0 Å². The number of carboxylic acids is 1. The first-order valence-electron chi connectivity index (χ1n) is 6.59. The van der Waals surface area contributed by atoms with Gasteiger partial charge in [-0.05, 0) is 43.6 Å². The molecule has 0 spiro atoms. The Labute approximate surface area is 118 Å². The lowest BCUT2D eigenvalue weighted by Gasteiger charge is -2.15. The fourth-order valence-corrected chi connectivity index (χ4v) is 2.66. The van der Waals surface area contributed by atoms with E-state index >= 15 is 0 Å². The fraction of sp³-hybridized carbons (Fsp3) is 0.500. The monoisotopic (exact) mass is 282 g/mol. The van der Waals surface area contributed by atoms with Crippen molar-refractivity contribution in [1.82, 2.24) is 4.90 Å². The van der Waals surface area contributed by atoms with Crippen LogP contribution in [0.15, 0.2) is 18.2 Å². The van der Waals surface area contributed by atoms with E-state index < -0.39 is 5.97 Å². The highest BCUT2D eigenvalue weighted by molar-refractivity contribution is 6.33. The first-order chi connectivity index (χ1) is 9.10. The molecule has 4 nitrogen and oxygen atoms in total. The molecule has 1 aliphatic heterocycles. The Hall–Kier alpha value is -1.26. The van der Waals surface area contributed by atoms with Crippen LogP contribution < -0.4 is 5.32 Å². The lowest BCUT2D eigenvalue weighted by Crippen LogP contribution is -2.22. The number of aromatic carboxylic acids is 1. The first-order valence-corrected chi connectivity index (χ1v) is 6.97. The largest absolute Gasteiger partial charge is 0.478 e. The summed E-state index contributed by atoms with van der Waals surface area (Å²) in [7, 11) is 0. The molecule has 0 aliphatic carbocycles. The quantitative estimate of drug-likeness (QED) is 0.872. The van der Waals surface area contributed by atoms with Crippen molar-refractivity contribution in [3.63, 3.8) is 0 Å². The van der Waals surface area contributed by atoms with E-state index in [0.717, 1.165) is 31.9 Å². The molecule has 1 aromatic carbocycles. The average Bonchev–Trinajstić information content (AvgIpc) is 2.85. The average molecular weight is 283 g/mol.